The summed E-state index contributed by atoms with van der Waals surface area (Å²) in [4.78, 5) is 0. The van der Waals surface area contributed by atoms with E-state index in [4.69, 9.17) is 14.2 Å². The van der Waals surface area contributed by atoms with Gasteiger partial charge in [0.2, 0.25) is 0 Å². The van der Waals surface area contributed by atoms with Crippen LogP contribution in [0.1, 0.15) is 25.3 Å². The highest BCUT2D eigenvalue weighted by Gasteiger charge is 2.26. The van der Waals surface area contributed by atoms with E-state index in [1.54, 1.807) is 14.2 Å². The van der Waals surface area contributed by atoms with Crippen molar-refractivity contribution >= 4 is 11.5 Å². The molecule has 0 N–H and O–H groups in total. The smallest absolute Gasteiger partial charge is 0.179 e. The van der Waals surface area contributed by atoms with Crippen LogP contribution in [0, 0.1) is 0 Å². The molecule has 134 valence electrons. The molecule has 0 bridgehead atoms. The number of hydrogen-bond acceptors (Lipinski definition) is 5. The number of unbranched alkanes of at least 4 members (excludes halogenated alkanes) is 1. The van der Waals surface area contributed by atoms with Gasteiger partial charge in [0.1, 0.15) is 11.5 Å². The van der Waals surface area contributed by atoms with E-state index in [9.17, 15) is 0 Å². The summed E-state index contributed by atoms with van der Waals surface area (Å²) in [6, 6.07) is 10.3. The van der Waals surface area contributed by atoms with Crippen molar-refractivity contribution in [2.45, 2.75) is 26.2 Å². The first-order chi connectivity index (χ1) is 12.7. The molecule has 2 heterocycles. The lowest BCUT2D eigenvalue weighted by Gasteiger charge is -2.15. The molecule has 4 nitrogen and oxygen atoms in total. The summed E-state index contributed by atoms with van der Waals surface area (Å²) in [7, 11) is 3.29. The summed E-state index contributed by atoms with van der Waals surface area (Å²) in [5.74, 6) is 2.90. The summed E-state index contributed by atoms with van der Waals surface area (Å²) in [5, 5.41) is 2.07. The van der Waals surface area contributed by atoms with Crippen molar-refractivity contribution < 1.29 is 14.2 Å². The van der Waals surface area contributed by atoms with E-state index in [2.05, 4.69) is 34.9 Å². The van der Waals surface area contributed by atoms with Crippen LogP contribution in [0.5, 0.6) is 23.0 Å². The number of ether oxygens (including phenoxy) is 3. The largest absolute Gasteiger partial charge is 0.497 e. The number of benzene rings is 2. The molecule has 0 fully saturated rings. The first-order valence-corrected chi connectivity index (χ1v) is 9.60. The van der Waals surface area contributed by atoms with E-state index in [1.165, 1.54) is 29.9 Å². The highest BCUT2D eigenvalue weighted by atomic mass is 32.1. The number of aryl methyl sites for hydroxylation is 1. The molecule has 5 heteroatoms. The second kappa shape index (κ2) is 7.00. The summed E-state index contributed by atoms with van der Waals surface area (Å²) in [5.41, 5.74) is 5.23. The van der Waals surface area contributed by atoms with E-state index in [1.807, 2.05) is 12.1 Å². The quantitative estimate of drug-likeness (QED) is 0.437. The van der Waals surface area contributed by atoms with Crippen molar-refractivity contribution in [1.29, 1.82) is 0 Å². The summed E-state index contributed by atoms with van der Waals surface area (Å²) < 4.78 is 22.0. The molecule has 1 aliphatic heterocycles. The fraction of sp³-hybridized carbons (Fsp3) is 0.286. The molecule has 0 radical (unpaired) electrons. The monoisotopic (exact) mass is 367 g/mol. The number of methoxy groups -OCH3 is 2. The summed E-state index contributed by atoms with van der Waals surface area (Å²) in [6.07, 6.45) is 3.39. The number of nitrogens with zero attached hydrogens (tertiary/aromatic N) is 1. The Hall–Kier alpha value is -2.53. The van der Waals surface area contributed by atoms with Crippen molar-refractivity contribution in [2.75, 3.05) is 14.2 Å². The van der Waals surface area contributed by atoms with Gasteiger partial charge in [-0.2, -0.15) is 4.37 Å². The molecule has 1 aliphatic rings. The van der Waals surface area contributed by atoms with Gasteiger partial charge in [0, 0.05) is 22.6 Å². The van der Waals surface area contributed by atoms with Crippen LogP contribution < -0.4 is 14.2 Å². The molecule has 1 aromatic heterocycles. The molecule has 0 spiro atoms. The van der Waals surface area contributed by atoms with Crippen LogP contribution >= 0.6 is 11.5 Å². The minimum atomic E-state index is 0.644. The van der Waals surface area contributed by atoms with E-state index in [0.29, 0.717) is 11.5 Å². The second-order valence-electron chi connectivity index (χ2n) is 6.32. The highest BCUT2D eigenvalue weighted by molar-refractivity contribution is 7.04. The van der Waals surface area contributed by atoms with Crippen LogP contribution in [-0.4, -0.2) is 18.6 Å². The van der Waals surface area contributed by atoms with Crippen LogP contribution in [0.15, 0.2) is 35.7 Å². The second-order valence-corrected chi connectivity index (χ2v) is 6.95. The molecule has 0 unspecified atom stereocenters. The van der Waals surface area contributed by atoms with Crippen molar-refractivity contribution in [3.63, 3.8) is 0 Å². The third-order valence-electron chi connectivity index (χ3n) is 4.68. The molecule has 0 saturated carbocycles. The van der Waals surface area contributed by atoms with Crippen LogP contribution in [0.25, 0.3) is 22.4 Å². The zero-order valence-corrected chi connectivity index (χ0v) is 16.0. The van der Waals surface area contributed by atoms with Gasteiger partial charge in [-0.1, -0.05) is 25.5 Å². The van der Waals surface area contributed by atoms with Crippen molar-refractivity contribution in [3.05, 3.63) is 41.3 Å². The first-order valence-electron chi connectivity index (χ1n) is 8.77. The maximum Gasteiger partial charge on any atom is 0.179 e. The van der Waals surface area contributed by atoms with Gasteiger partial charge < -0.3 is 14.2 Å². The average molecular weight is 367 g/mol. The molecule has 4 rings (SSSR count). The van der Waals surface area contributed by atoms with Gasteiger partial charge in [0.05, 0.1) is 25.5 Å². The molecular formula is C21H21NO3S. The Morgan fingerprint density at radius 3 is 2.69 bits per heavy atom. The predicted molar refractivity (Wildman–Crippen MR) is 105 cm³/mol. The Balaban J connectivity index is 1.92. The lowest BCUT2D eigenvalue weighted by Crippen LogP contribution is -1.95. The predicted octanol–water partition coefficient (Wildman–Crippen LogP) is 5.94. The molecular weight excluding hydrogens is 346 g/mol. The zero-order chi connectivity index (χ0) is 18.1. The standard InChI is InChI=1S/C21H21NO3S/c1-4-5-6-13-7-8-15-17-12-26-22-20(17)16-10-14(23-2)11-19(24-3)21(16)25-18(15)9-13/h7-12H,4-6H2,1-3H3. The molecule has 0 aliphatic carbocycles. The Morgan fingerprint density at radius 1 is 1.04 bits per heavy atom. The Morgan fingerprint density at radius 2 is 1.92 bits per heavy atom. The van der Waals surface area contributed by atoms with E-state index >= 15 is 0 Å². The number of aromatic nitrogens is 1. The van der Waals surface area contributed by atoms with Crippen molar-refractivity contribution in [3.8, 4) is 45.4 Å². The van der Waals surface area contributed by atoms with Gasteiger partial charge in [0.15, 0.2) is 11.5 Å². The van der Waals surface area contributed by atoms with Gasteiger partial charge in [-0.25, -0.2) is 0 Å². The van der Waals surface area contributed by atoms with Crippen LogP contribution in [0.4, 0.5) is 0 Å². The molecule has 0 saturated heterocycles. The van der Waals surface area contributed by atoms with Crippen LogP contribution in [0.2, 0.25) is 0 Å². The minimum absolute atomic E-state index is 0.644. The molecule has 0 atom stereocenters. The fourth-order valence-corrected chi connectivity index (χ4v) is 3.97. The fourth-order valence-electron chi connectivity index (χ4n) is 3.27. The topological polar surface area (TPSA) is 40.6 Å². The maximum atomic E-state index is 6.37. The minimum Gasteiger partial charge on any atom is -0.497 e. The zero-order valence-electron chi connectivity index (χ0n) is 15.2. The van der Waals surface area contributed by atoms with Gasteiger partial charge in [-0.15, -0.1) is 0 Å². The number of hydrogen-bond donors (Lipinski definition) is 0. The Bertz CT molecular complexity index is 948. The third kappa shape index (κ3) is 2.82. The first kappa shape index (κ1) is 16.9. The average Bonchev–Trinajstić information content (AvgIpc) is 3.11. The van der Waals surface area contributed by atoms with Crippen molar-refractivity contribution in [1.82, 2.24) is 4.37 Å². The van der Waals surface area contributed by atoms with Crippen LogP contribution in [0.3, 0.4) is 0 Å². The Kier molecular flexibility index (Phi) is 4.55. The maximum absolute atomic E-state index is 6.37. The highest BCUT2D eigenvalue weighted by Crippen LogP contribution is 2.51. The summed E-state index contributed by atoms with van der Waals surface area (Å²) >= 11 is 1.45. The van der Waals surface area contributed by atoms with Gasteiger partial charge >= 0.3 is 0 Å². The molecule has 3 aromatic rings. The number of fused-ring (bicyclic) bond motifs is 5. The third-order valence-corrected chi connectivity index (χ3v) is 5.31. The van der Waals surface area contributed by atoms with Crippen molar-refractivity contribution in [2.24, 2.45) is 0 Å². The van der Waals surface area contributed by atoms with E-state index < -0.39 is 0 Å². The normalized spacial score (nSPS) is 11.7. The van der Waals surface area contributed by atoms with Gasteiger partial charge in [-0.05, 0) is 42.1 Å². The molecule has 0 amide bonds. The molecule has 2 aromatic carbocycles. The molecule has 26 heavy (non-hydrogen) atoms. The van der Waals surface area contributed by atoms with Gasteiger partial charge in [-0.3, -0.25) is 0 Å². The number of rotatable bonds is 5. The summed E-state index contributed by atoms with van der Waals surface area (Å²) in [6.45, 7) is 2.21. The lowest BCUT2D eigenvalue weighted by molar-refractivity contribution is 0.370. The van der Waals surface area contributed by atoms with E-state index in [0.717, 1.165) is 40.3 Å². The Labute approximate surface area is 157 Å². The van der Waals surface area contributed by atoms with E-state index in [-0.39, 0.29) is 0 Å². The van der Waals surface area contributed by atoms with Gasteiger partial charge in [0.25, 0.3) is 0 Å². The lowest BCUT2D eigenvalue weighted by atomic mass is 9.99. The van der Waals surface area contributed by atoms with Crippen LogP contribution in [-0.2, 0) is 6.42 Å². The SMILES string of the molecule is CCCCc1ccc2c(c1)Oc1c(OC)cc(OC)cc1-c1nscc1-2.